The SMILES string of the molecule is CCCCCCCCCCCCCCOC(=O)C[N+](C)(C)C.COS(=O)(=O)[O-]. The first-order valence-electron chi connectivity index (χ1n) is 10.5. The predicted molar refractivity (Wildman–Crippen MR) is 112 cm³/mol. The zero-order valence-corrected chi connectivity index (χ0v) is 19.5. The molecule has 0 aromatic heterocycles. The van der Waals surface area contributed by atoms with Gasteiger partial charge in [-0.05, 0) is 6.42 Å². The number of nitrogens with zero attached hydrogens (tertiary/aromatic N) is 1. The third kappa shape index (κ3) is 30.0. The Kier molecular flexibility index (Phi) is 19.3. The lowest BCUT2D eigenvalue weighted by Crippen LogP contribution is -2.40. The van der Waals surface area contributed by atoms with Crippen LogP contribution >= 0.6 is 0 Å². The smallest absolute Gasteiger partial charge is 0.361 e. The molecule has 0 aliphatic heterocycles. The number of ether oxygens (including phenoxy) is 1. The van der Waals surface area contributed by atoms with Crippen molar-refractivity contribution in [2.75, 3.05) is 41.4 Å². The molecule has 0 fully saturated rings. The van der Waals surface area contributed by atoms with E-state index in [0.29, 0.717) is 17.6 Å². The fourth-order valence-corrected chi connectivity index (χ4v) is 2.56. The van der Waals surface area contributed by atoms with Gasteiger partial charge in [0.2, 0.25) is 10.4 Å². The largest absolute Gasteiger partial charge is 0.726 e. The molecule has 0 saturated carbocycles. The summed E-state index contributed by atoms with van der Waals surface area (Å²) in [5.74, 6) is -0.0735. The van der Waals surface area contributed by atoms with E-state index < -0.39 is 10.4 Å². The van der Waals surface area contributed by atoms with Gasteiger partial charge in [0, 0.05) is 0 Å². The number of hydrogen-bond donors (Lipinski definition) is 0. The van der Waals surface area contributed by atoms with Crippen LogP contribution < -0.4 is 0 Å². The third-order valence-electron chi connectivity index (χ3n) is 4.07. The van der Waals surface area contributed by atoms with Crippen molar-refractivity contribution in [1.82, 2.24) is 0 Å². The Morgan fingerprint density at radius 1 is 0.821 bits per heavy atom. The molecule has 0 radical (unpaired) electrons. The summed E-state index contributed by atoms with van der Waals surface area (Å²) < 4.78 is 36.9. The first-order chi connectivity index (χ1) is 13.0. The van der Waals surface area contributed by atoms with Crippen molar-refractivity contribution in [1.29, 1.82) is 0 Å². The average Bonchev–Trinajstić information content (AvgIpc) is 2.57. The number of likely N-dealkylation sites (N-methyl/N-ethyl adjacent to an activating group) is 1. The molecule has 0 aromatic carbocycles. The van der Waals surface area contributed by atoms with Gasteiger partial charge in [-0.3, -0.25) is 4.18 Å². The first kappa shape index (κ1) is 29.5. The summed E-state index contributed by atoms with van der Waals surface area (Å²) in [5, 5.41) is 0. The number of carbonyl (C=O) groups excluding carboxylic acids is 1. The van der Waals surface area contributed by atoms with E-state index in [9.17, 15) is 17.8 Å². The second-order valence-corrected chi connectivity index (χ2v) is 9.28. The number of unbranched alkanes of at least 4 members (excludes halogenated alkanes) is 11. The van der Waals surface area contributed by atoms with E-state index >= 15 is 0 Å². The molecule has 7 nitrogen and oxygen atoms in total. The second kappa shape index (κ2) is 18.3. The van der Waals surface area contributed by atoms with Crippen molar-refractivity contribution in [2.45, 2.75) is 84.0 Å². The Balaban J connectivity index is 0. The van der Waals surface area contributed by atoms with Gasteiger partial charge in [0.1, 0.15) is 0 Å². The molecule has 8 heteroatoms. The van der Waals surface area contributed by atoms with Gasteiger partial charge < -0.3 is 13.8 Å². The van der Waals surface area contributed by atoms with Crippen molar-refractivity contribution in [3.8, 4) is 0 Å². The Morgan fingerprint density at radius 3 is 1.50 bits per heavy atom. The highest BCUT2D eigenvalue weighted by molar-refractivity contribution is 7.80. The van der Waals surface area contributed by atoms with E-state index in [1.807, 2.05) is 21.1 Å². The Hall–Kier alpha value is -0.700. The van der Waals surface area contributed by atoms with Gasteiger partial charge in [-0.15, -0.1) is 0 Å². The van der Waals surface area contributed by atoms with Crippen molar-refractivity contribution >= 4 is 16.4 Å². The van der Waals surface area contributed by atoms with Crippen LogP contribution in [-0.2, 0) is 24.1 Å². The van der Waals surface area contributed by atoms with Gasteiger partial charge in [0.25, 0.3) is 0 Å². The summed E-state index contributed by atoms with van der Waals surface area (Å²) in [7, 11) is 2.41. The van der Waals surface area contributed by atoms with E-state index in [-0.39, 0.29) is 5.97 Å². The summed E-state index contributed by atoms with van der Waals surface area (Å²) in [6.45, 7) is 3.32. The molecule has 0 aromatic rings. The van der Waals surface area contributed by atoms with Crippen LogP contribution in [0.4, 0.5) is 0 Å². The predicted octanol–water partition coefficient (Wildman–Crippen LogP) is 4.03. The van der Waals surface area contributed by atoms with Crippen LogP contribution in [0.5, 0.6) is 0 Å². The maximum absolute atomic E-state index is 11.5. The Labute approximate surface area is 173 Å². The zero-order chi connectivity index (χ0) is 21.9. The molecule has 0 N–H and O–H groups in total. The van der Waals surface area contributed by atoms with Crippen LogP contribution in [0.3, 0.4) is 0 Å². The Bertz CT molecular complexity index is 460. The average molecular weight is 426 g/mol. The maximum Gasteiger partial charge on any atom is 0.361 e. The van der Waals surface area contributed by atoms with Crippen LogP contribution in [0, 0.1) is 0 Å². The highest BCUT2D eigenvalue weighted by Gasteiger charge is 2.14. The molecule has 0 spiro atoms. The van der Waals surface area contributed by atoms with Gasteiger partial charge in [0.05, 0.1) is 34.9 Å². The fourth-order valence-electron chi connectivity index (χ4n) is 2.56. The van der Waals surface area contributed by atoms with Crippen molar-refractivity contribution in [3.63, 3.8) is 0 Å². The molecule has 0 bridgehead atoms. The van der Waals surface area contributed by atoms with E-state index in [2.05, 4.69) is 11.1 Å². The molecule has 170 valence electrons. The van der Waals surface area contributed by atoms with Crippen molar-refractivity contribution in [2.24, 2.45) is 0 Å². The maximum atomic E-state index is 11.5. The van der Waals surface area contributed by atoms with Gasteiger partial charge in [-0.2, -0.15) is 0 Å². The van der Waals surface area contributed by atoms with Crippen molar-refractivity contribution < 1.29 is 31.2 Å². The molecule has 0 unspecified atom stereocenters. The normalized spacial score (nSPS) is 11.6. The highest BCUT2D eigenvalue weighted by Crippen LogP contribution is 2.11. The standard InChI is InChI=1S/C19H40NO2.CH4O4S/c1-5-6-7-8-9-10-11-12-13-14-15-16-17-22-19(21)18-20(2,3)4;1-5-6(2,3)4/h5-18H2,1-4H3;1H3,(H,2,3,4)/q+1;/p-1. The number of carbonyl (C=O) groups is 1. The lowest BCUT2D eigenvalue weighted by molar-refractivity contribution is -0.862. The molecule has 0 aliphatic carbocycles. The van der Waals surface area contributed by atoms with Crippen molar-refractivity contribution in [3.05, 3.63) is 0 Å². The summed E-state index contributed by atoms with van der Waals surface area (Å²) >= 11 is 0. The lowest BCUT2D eigenvalue weighted by Gasteiger charge is -2.22. The topological polar surface area (TPSA) is 92.7 Å². The summed E-state index contributed by atoms with van der Waals surface area (Å²) in [6, 6.07) is 0. The number of rotatable bonds is 16. The number of quaternary nitrogens is 1. The van der Waals surface area contributed by atoms with Crippen LogP contribution in [0.15, 0.2) is 0 Å². The molecular weight excluding hydrogens is 382 g/mol. The molecule has 0 amide bonds. The molecule has 0 aliphatic rings. The number of hydrogen-bond acceptors (Lipinski definition) is 6. The lowest BCUT2D eigenvalue weighted by atomic mass is 10.1. The van der Waals surface area contributed by atoms with Crippen LogP contribution in [0.2, 0.25) is 0 Å². The third-order valence-corrected chi connectivity index (χ3v) is 4.48. The van der Waals surface area contributed by atoms with Gasteiger partial charge in [-0.1, -0.05) is 77.6 Å². The van der Waals surface area contributed by atoms with Gasteiger partial charge in [-0.25, -0.2) is 13.2 Å². The molecule has 0 rings (SSSR count). The van der Waals surface area contributed by atoms with Gasteiger partial charge >= 0.3 is 5.97 Å². The van der Waals surface area contributed by atoms with E-state index in [4.69, 9.17) is 4.74 Å². The molecular formula is C20H43NO6S. The first-order valence-corrected chi connectivity index (χ1v) is 11.8. The summed E-state index contributed by atoms with van der Waals surface area (Å²) in [5.41, 5.74) is 0. The minimum absolute atomic E-state index is 0.0735. The monoisotopic (exact) mass is 425 g/mol. The van der Waals surface area contributed by atoms with E-state index in [0.717, 1.165) is 13.5 Å². The van der Waals surface area contributed by atoms with Crippen LogP contribution in [-0.4, -0.2) is 64.8 Å². The van der Waals surface area contributed by atoms with E-state index in [1.165, 1.54) is 70.6 Å². The molecule has 0 saturated heterocycles. The van der Waals surface area contributed by atoms with Gasteiger partial charge in [0.15, 0.2) is 6.54 Å². The quantitative estimate of drug-likeness (QED) is 0.122. The second-order valence-electron chi connectivity index (χ2n) is 8.13. The molecule has 28 heavy (non-hydrogen) atoms. The Morgan fingerprint density at radius 2 is 1.18 bits per heavy atom. The molecule has 0 heterocycles. The van der Waals surface area contributed by atoms with Crippen LogP contribution in [0.25, 0.3) is 0 Å². The summed E-state index contributed by atoms with van der Waals surface area (Å²) in [4.78, 5) is 11.5. The van der Waals surface area contributed by atoms with Crippen LogP contribution in [0.1, 0.15) is 84.0 Å². The number of esters is 1. The zero-order valence-electron chi connectivity index (χ0n) is 18.7. The fraction of sp³-hybridized carbons (Fsp3) is 0.950. The molecule has 0 atom stereocenters. The highest BCUT2D eigenvalue weighted by atomic mass is 32.3. The minimum Gasteiger partial charge on any atom is -0.726 e. The summed E-state index contributed by atoms with van der Waals surface area (Å²) in [6.07, 6.45) is 16.0. The van der Waals surface area contributed by atoms with E-state index in [1.54, 1.807) is 0 Å². The minimum atomic E-state index is -4.41.